The van der Waals surface area contributed by atoms with Gasteiger partial charge in [0.05, 0.1) is 19.2 Å². The molecule has 2 aromatic rings. The highest BCUT2D eigenvalue weighted by Crippen LogP contribution is 2.34. The van der Waals surface area contributed by atoms with E-state index in [0.29, 0.717) is 20.8 Å². The molecule has 2 N–H and O–H groups in total. The van der Waals surface area contributed by atoms with E-state index in [-0.39, 0.29) is 5.69 Å². The minimum Gasteiger partial charge on any atom is -0.292 e. The zero-order valence-electron chi connectivity index (χ0n) is 11.0. The fourth-order valence-electron chi connectivity index (χ4n) is 1.59. The van der Waals surface area contributed by atoms with Crippen LogP contribution in [0.2, 0.25) is 0 Å². The summed E-state index contributed by atoms with van der Waals surface area (Å²) in [5.74, 6) is -0.574. The average molecular weight is 410 g/mol. The predicted molar refractivity (Wildman–Crippen MR) is 81.2 cm³/mol. The van der Waals surface area contributed by atoms with Crippen molar-refractivity contribution in [3.05, 3.63) is 54.7 Å². The van der Waals surface area contributed by atoms with Crippen molar-refractivity contribution in [2.75, 3.05) is 5.43 Å². The molecule has 0 bridgehead atoms. The van der Waals surface area contributed by atoms with Gasteiger partial charge in [-0.05, 0) is 40.2 Å². The average Bonchev–Trinajstić information content (AvgIpc) is 2.90. The molecule has 0 saturated heterocycles. The van der Waals surface area contributed by atoms with Gasteiger partial charge in [-0.3, -0.25) is 25.8 Å². The normalized spacial score (nSPS) is 11.1. The smallest absolute Gasteiger partial charge is 0.292 e. The first-order valence-corrected chi connectivity index (χ1v) is 7.47. The number of amides is 1. The summed E-state index contributed by atoms with van der Waals surface area (Å²) in [7, 11) is 0. The van der Waals surface area contributed by atoms with Crippen molar-refractivity contribution < 1.29 is 22.9 Å². The van der Waals surface area contributed by atoms with Crippen molar-refractivity contribution in [1.82, 2.24) is 5.43 Å². The van der Waals surface area contributed by atoms with E-state index in [4.69, 9.17) is 0 Å². The number of hydrogen-bond acceptors (Lipinski definition) is 5. The van der Waals surface area contributed by atoms with Gasteiger partial charge in [0.1, 0.15) is 5.69 Å². The summed E-state index contributed by atoms with van der Waals surface area (Å²) in [6, 6.07) is 5.12. The van der Waals surface area contributed by atoms with E-state index in [2.05, 4.69) is 26.8 Å². The summed E-state index contributed by atoms with van der Waals surface area (Å²) >= 11 is 4.31. The Labute approximate surface area is 139 Å². The van der Waals surface area contributed by atoms with Gasteiger partial charge >= 0.3 is 6.18 Å². The highest BCUT2D eigenvalue weighted by atomic mass is 79.9. The topological polar surface area (TPSA) is 84.3 Å². The summed E-state index contributed by atoms with van der Waals surface area (Å²) in [5.41, 5.74) is 2.25. The van der Waals surface area contributed by atoms with Crippen molar-refractivity contribution in [2.24, 2.45) is 0 Å². The van der Waals surface area contributed by atoms with Crippen molar-refractivity contribution in [1.29, 1.82) is 0 Å². The lowest BCUT2D eigenvalue weighted by Gasteiger charge is -2.11. The molecule has 0 aliphatic rings. The van der Waals surface area contributed by atoms with Gasteiger partial charge in [-0.15, -0.1) is 11.3 Å². The Balaban J connectivity index is 2.19. The lowest BCUT2D eigenvalue weighted by atomic mass is 10.1. The molecule has 0 atom stereocenters. The first-order chi connectivity index (χ1) is 10.7. The number of carbonyl (C=O) groups excluding carboxylic acids is 1. The van der Waals surface area contributed by atoms with Gasteiger partial charge in [0.15, 0.2) is 0 Å². The summed E-state index contributed by atoms with van der Waals surface area (Å²) < 4.78 is 38.5. The van der Waals surface area contributed by atoms with Crippen LogP contribution in [0.15, 0.2) is 34.1 Å². The van der Waals surface area contributed by atoms with E-state index in [9.17, 15) is 28.1 Å². The van der Waals surface area contributed by atoms with E-state index < -0.39 is 28.3 Å². The molecule has 0 aliphatic heterocycles. The Hall–Kier alpha value is -2.14. The van der Waals surface area contributed by atoms with Crippen LogP contribution in [0, 0.1) is 10.1 Å². The minimum atomic E-state index is -4.70. The van der Waals surface area contributed by atoms with Gasteiger partial charge in [-0.25, -0.2) is 0 Å². The van der Waals surface area contributed by atoms with Crippen LogP contribution in [0.4, 0.5) is 24.5 Å². The van der Waals surface area contributed by atoms with Crippen LogP contribution in [0.5, 0.6) is 0 Å². The van der Waals surface area contributed by atoms with E-state index in [0.717, 1.165) is 17.4 Å². The predicted octanol–water partition coefficient (Wildman–Crippen LogP) is 4.19. The van der Waals surface area contributed by atoms with Crippen molar-refractivity contribution in [3.63, 3.8) is 0 Å². The number of anilines is 1. The second-order valence-corrected chi connectivity index (χ2v) is 6.63. The Bertz CT molecular complexity index is 763. The lowest BCUT2D eigenvalue weighted by molar-refractivity contribution is -0.384. The number of nitro benzene ring substituents is 1. The molecule has 1 amide bonds. The maximum absolute atomic E-state index is 12.6. The second-order valence-electron chi connectivity index (χ2n) is 4.17. The fraction of sp³-hybridized carbons (Fsp3) is 0.0833. The molecule has 0 fully saturated rings. The van der Waals surface area contributed by atoms with Crippen molar-refractivity contribution >= 4 is 44.5 Å². The molecule has 122 valence electrons. The zero-order chi connectivity index (χ0) is 17.2. The second kappa shape index (κ2) is 6.54. The molecular formula is C12H7BrF3N3O3S. The number of nitro groups is 1. The number of hydrogen-bond donors (Lipinski definition) is 2. The van der Waals surface area contributed by atoms with E-state index >= 15 is 0 Å². The fourth-order valence-corrected chi connectivity index (χ4v) is 2.87. The van der Waals surface area contributed by atoms with E-state index in [1.807, 2.05) is 0 Å². The lowest BCUT2D eigenvalue weighted by Crippen LogP contribution is -2.29. The van der Waals surface area contributed by atoms with E-state index in [1.165, 1.54) is 6.07 Å². The molecule has 0 unspecified atom stereocenters. The number of benzene rings is 1. The van der Waals surface area contributed by atoms with Gasteiger partial charge < -0.3 is 0 Å². The summed E-state index contributed by atoms with van der Waals surface area (Å²) in [6.07, 6.45) is -4.70. The van der Waals surface area contributed by atoms with Gasteiger partial charge in [-0.2, -0.15) is 13.2 Å². The first-order valence-electron chi connectivity index (χ1n) is 5.86. The molecule has 0 radical (unpaired) electrons. The van der Waals surface area contributed by atoms with Gasteiger partial charge in [-0.1, -0.05) is 0 Å². The van der Waals surface area contributed by atoms with Crippen LogP contribution in [0.25, 0.3) is 0 Å². The number of hydrazine groups is 1. The monoisotopic (exact) mass is 409 g/mol. The molecule has 23 heavy (non-hydrogen) atoms. The quantitative estimate of drug-likeness (QED) is 0.585. The Morgan fingerprint density at radius 3 is 2.48 bits per heavy atom. The molecule has 1 aromatic carbocycles. The Morgan fingerprint density at radius 2 is 1.96 bits per heavy atom. The third-order valence-electron chi connectivity index (χ3n) is 2.63. The maximum Gasteiger partial charge on any atom is 0.416 e. The number of alkyl halides is 3. The third kappa shape index (κ3) is 4.20. The number of nitrogens with one attached hydrogen (secondary N) is 2. The molecular weight excluding hydrogens is 403 g/mol. The van der Waals surface area contributed by atoms with Crippen LogP contribution in [-0.4, -0.2) is 10.8 Å². The SMILES string of the molecule is O=C(NNc1ccc(C(F)(F)F)cc1[N+](=O)[O-])c1ccc(Br)s1. The van der Waals surface area contributed by atoms with Crippen molar-refractivity contribution in [3.8, 4) is 0 Å². The Morgan fingerprint density at radius 1 is 1.26 bits per heavy atom. The highest BCUT2D eigenvalue weighted by molar-refractivity contribution is 9.11. The molecule has 0 aliphatic carbocycles. The van der Waals surface area contributed by atoms with Crippen LogP contribution in [0.3, 0.4) is 0 Å². The third-order valence-corrected chi connectivity index (χ3v) is 4.25. The molecule has 1 heterocycles. The van der Waals surface area contributed by atoms with E-state index in [1.54, 1.807) is 6.07 Å². The molecule has 0 spiro atoms. The van der Waals surface area contributed by atoms with Crippen molar-refractivity contribution in [2.45, 2.75) is 6.18 Å². The summed E-state index contributed by atoms with van der Waals surface area (Å²) in [6.45, 7) is 0. The maximum atomic E-state index is 12.6. The van der Waals surface area contributed by atoms with Gasteiger partial charge in [0, 0.05) is 6.07 Å². The number of carbonyl (C=O) groups is 1. The summed E-state index contributed by atoms with van der Waals surface area (Å²) in [5, 5.41) is 10.9. The molecule has 1 aromatic heterocycles. The summed E-state index contributed by atoms with van der Waals surface area (Å²) in [4.78, 5) is 22.1. The van der Waals surface area contributed by atoms with Crippen LogP contribution in [0.1, 0.15) is 15.2 Å². The largest absolute Gasteiger partial charge is 0.416 e. The molecule has 6 nitrogen and oxygen atoms in total. The molecule has 11 heteroatoms. The zero-order valence-corrected chi connectivity index (χ0v) is 13.4. The molecule has 2 rings (SSSR count). The number of rotatable bonds is 4. The minimum absolute atomic E-state index is 0.257. The first kappa shape index (κ1) is 17.2. The van der Waals surface area contributed by atoms with Gasteiger partial charge in [0.2, 0.25) is 0 Å². The highest BCUT2D eigenvalue weighted by Gasteiger charge is 2.33. The Kier molecular flexibility index (Phi) is 4.90. The number of nitrogens with zero attached hydrogens (tertiary/aromatic N) is 1. The van der Waals surface area contributed by atoms with Crippen LogP contribution < -0.4 is 10.9 Å². The van der Waals surface area contributed by atoms with Crippen LogP contribution in [-0.2, 0) is 6.18 Å². The molecule has 0 saturated carbocycles. The van der Waals surface area contributed by atoms with Crippen LogP contribution >= 0.6 is 27.3 Å². The standard InChI is InChI=1S/C12H7BrF3N3O3S/c13-10-4-3-9(23-10)11(20)18-17-7-2-1-6(12(14,15)16)5-8(7)19(21)22/h1-5,17H,(H,18,20). The number of thiophene rings is 1. The number of halogens is 4. The van der Waals surface area contributed by atoms with Gasteiger partial charge in [0.25, 0.3) is 11.6 Å².